The predicted molar refractivity (Wildman–Crippen MR) is 266 cm³/mol. The molecule has 370 valence electrons. The lowest BCUT2D eigenvalue weighted by atomic mass is 10.0. The van der Waals surface area contributed by atoms with Gasteiger partial charge in [-0.3, -0.25) is 9.36 Å². The zero-order valence-corrected chi connectivity index (χ0v) is 43.0. The van der Waals surface area contributed by atoms with Crippen LogP contribution in [-0.4, -0.2) is 68.5 Å². The monoisotopic (exact) mass is 899 g/mol. The van der Waals surface area contributed by atoms with Gasteiger partial charge in [0.1, 0.15) is 13.2 Å². The summed E-state index contributed by atoms with van der Waals surface area (Å²) in [5, 5.41) is 14.0. The van der Waals surface area contributed by atoms with Crippen molar-refractivity contribution < 1.29 is 32.9 Å². The Balaban J connectivity index is 4.21. The highest BCUT2D eigenvalue weighted by Crippen LogP contribution is 2.38. The summed E-state index contributed by atoms with van der Waals surface area (Å²) in [5.74, 6) is -0.165. The molecule has 0 heterocycles. The quantitative estimate of drug-likeness (QED) is 0.0272. The minimum Gasteiger partial charge on any atom is -0.756 e. The van der Waals surface area contributed by atoms with Gasteiger partial charge in [0.05, 0.1) is 39.9 Å². The van der Waals surface area contributed by atoms with Crippen molar-refractivity contribution in [1.29, 1.82) is 0 Å². The maximum Gasteiger partial charge on any atom is 0.268 e. The summed E-state index contributed by atoms with van der Waals surface area (Å²) < 4.78 is 23.4. The van der Waals surface area contributed by atoms with Gasteiger partial charge >= 0.3 is 0 Å². The average Bonchev–Trinajstić information content (AvgIpc) is 3.23. The third kappa shape index (κ3) is 47.2. The minimum atomic E-state index is -4.57. The highest BCUT2D eigenvalue weighted by Gasteiger charge is 2.24. The smallest absolute Gasteiger partial charge is 0.268 e. The topological polar surface area (TPSA) is 108 Å². The Hall–Kier alpha value is -0.760. The first-order valence-electron chi connectivity index (χ1n) is 27.0. The van der Waals surface area contributed by atoms with Crippen LogP contribution in [0.2, 0.25) is 0 Å². The second-order valence-corrected chi connectivity index (χ2v) is 21.4. The van der Waals surface area contributed by atoms with Gasteiger partial charge in [0.25, 0.3) is 7.82 Å². The number of allylic oxidation sites excluding steroid dienone is 2. The molecule has 0 bridgehead atoms. The standard InChI is InChI=1S/C53H107N2O6P/c1-6-8-10-12-14-16-18-20-22-24-26-27-29-30-32-34-36-38-40-42-44-46-52(56)51(50-61-62(58,59)60-49-48-55(3,4)5)54-53(57)47-45-43-41-39-37-35-33-31-28-25-23-21-19-17-15-13-11-9-7-2/h25,28,51-52,56H,6-24,26-27,29-50H2,1-5H3,(H-,54,57,58,59)/b28-25-. The summed E-state index contributed by atoms with van der Waals surface area (Å²) in [6.45, 7) is 4.75. The number of rotatable bonds is 50. The number of aliphatic hydroxyl groups excluding tert-OH is 1. The number of carbonyl (C=O) groups is 1. The SMILES string of the molecule is CCCCCCCCCC/C=C\CCCCCCCCCC(=O)NC(COP(=O)([O-])OCC[N+](C)(C)C)C(O)CCCCCCCCCCCCCCCCCCCCCCC. The summed E-state index contributed by atoms with van der Waals surface area (Å²) in [6.07, 6.45) is 53.7. The molecule has 0 aliphatic carbocycles. The molecule has 0 aromatic rings. The van der Waals surface area contributed by atoms with Crippen LogP contribution in [-0.2, 0) is 18.4 Å². The summed E-state index contributed by atoms with van der Waals surface area (Å²) in [6, 6.07) is -0.800. The fourth-order valence-corrected chi connectivity index (χ4v) is 8.94. The highest BCUT2D eigenvalue weighted by molar-refractivity contribution is 7.45. The Morgan fingerprint density at radius 3 is 1.26 bits per heavy atom. The molecule has 0 aromatic carbocycles. The Bertz CT molecular complexity index is 1020. The molecule has 0 radical (unpaired) electrons. The molecule has 0 saturated carbocycles. The van der Waals surface area contributed by atoms with Crippen LogP contribution < -0.4 is 10.2 Å². The number of phosphoric acid groups is 1. The van der Waals surface area contributed by atoms with Crippen LogP contribution in [0.3, 0.4) is 0 Å². The molecule has 0 saturated heterocycles. The van der Waals surface area contributed by atoms with E-state index in [0.29, 0.717) is 23.9 Å². The van der Waals surface area contributed by atoms with Crippen molar-refractivity contribution in [2.75, 3.05) is 40.9 Å². The van der Waals surface area contributed by atoms with E-state index in [9.17, 15) is 19.4 Å². The number of hydrogen-bond acceptors (Lipinski definition) is 6. The molecule has 0 fully saturated rings. The molecule has 0 aromatic heterocycles. The molecule has 1 amide bonds. The van der Waals surface area contributed by atoms with Crippen molar-refractivity contribution in [3.63, 3.8) is 0 Å². The number of unbranched alkanes of at least 4 members (excludes halogenated alkanes) is 35. The first-order valence-corrected chi connectivity index (χ1v) is 28.5. The number of quaternary nitrogens is 1. The van der Waals surface area contributed by atoms with Crippen LogP contribution in [0.15, 0.2) is 12.2 Å². The van der Waals surface area contributed by atoms with Gasteiger partial charge in [0.2, 0.25) is 5.91 Å². The second-order valence-electron chi connectivity index (χ2n) is 19.9. The number of amides is 1. The minimum absolute atomic E-state index is 0.0136. The molecule has 0 aliphatic heterocycles. The Morgan fingerprint density at radius 1 is 0.548 bits per heavy atom. The number of carbonyl (C=O) groups excluding carboxylic acids is 1. The van der Waals surface area contributed by atoms with Crippen molar-refractivity contribution in [1.82, 2.24) is 5.32 Å². The lowest BCUT2D eigenvalue weighted by Gasteiger charge is -2.30. The number of phosphoric ester groups is 1. The zero-order chi connectivity index (χ0) is 45.7. The van der Waals surface area contributed by atoms with Gasteiger partial charge in [-0.1, -0.05) is 238 Å². The van der Waals surface area contributed by atoms with Crippen molar-refractivity contribution in [3.05, 3.63) is 12.2 Å². The number of likely N-dealkylation sites (N-methyl/N-ethyl adjacent to an activating group) is 1. The number of aliphatic hydroxyl groups is 1. The van der Waals surface area contributed by atoms with E-state index in [0.717, 1.165) is 38.5 Å². The summed E-state index contributed by atoms with van der Waals surface area (Å²) >= 11 is 0. The van der Waals surface area contributed by atoms with Crippen molar-refractivity contribution in [2.45, 2.75) is 283 Å². The summed E-state index contributed by atoms with van der Waals surface area (Å²) in [5.41, 5.74) is 0. The fraction of sp³-hybridized carbons (Fsp3) is 0.943. The molecule has 0 aliphatic rings. The number of hydrogen-bond donors (Lipinski definition) is 2. The van der Waals surface area contributed by atoms with Crippen molar-refractivity contribution >= 4 is 13.7 Å². The van der Waals surface area contributed by atoms with Gasteiger partial charge in [-0.05, 0) is 38.5 Å². The van der Waals surface area contributed by atoms with Crippen molar-refractivity contribution in [2.24, 2.45) is 0 Å². The van der Waals surface area contributed by atoms with Gasteiger partial charge in [0, 0.05) is 6.42 Å². The van der Waals surface area contributed by atoms with E-state index in [1.165, 1.54) is 205 Å². The number of nitrogens with zero attached hydrogens (tertiary/aromatic N) is 1. The van der Waals surface area contributed by atoms with E-state index in [1.807, 2.05) is 21.1 Å². The molecule has 3 atom stereocenters. The maximum absolute atomic E-state index is 12.9. The molecule has 3 unspecified atom stereocenters. The van der Waals surface area contributed by atoms with E-state index >= 15 is 0 Å². The van der Waals surface area contributed by atoms with E-state index in [1.54, 1.807) is 0 Å². The van der Waals surface area contributed by atoms with E-state index < -0.39 is 20.0 Å². The van der Waals surface area contributed by atoms with Crippen LogP contribution in [0.5, 0.6) is 0 Å². The van der Waals surface area contributed by atoms with Crippen LogP contribution >= 0.6 is 7.82 Å². The molecular weight excluding hydrogens is 792 g/mol. The number of nitrogens with one attached hydrogen (secondary N) is 1. The van der Waals surface area contributed by atoms with Gasteiger partial charge in [-0.15, -0.1) is 0 Å². The molecule has 0 spiro atoms. The summed E-state index contributed by atoms with van der Waals surface area (Å²) in [7, 11) is 1.31. The van der Waals surface area contributed by atoms with Crippen LogP contribution in [0.25, 0.3) is 0 Å². The largest absolute Gasteiger partial charge is 0.756 e. The molecule has 62 heavy (non-hydrogen) atoms. The van der Waals surface area contributed by atoms with E-state index in [-0.39, 0.29) is 19.1 Å². The molecule has 9 heteroatoms. The van der Waals surface area contributed by atoms with E-state index in [4.69, 9.17) is 9.05 Å². The normalized spacial score (nSPS) is 14.1. The van der Waals surface area contributed by atoms with Crippen LogP contribution in [0.1, 0.15) is 271 Å². The predicted octanol–water partition coefficient (Wildman–Crippen LogP) is 15.2. The molecule has 0 rings (SSSR count). The maximum atomic E-state index is 12.9. The van der Waals surface area contributed by atoms with Gasteiger partial charge in [-0.2, -0.15) is 0 Å². The first-order chi connectivity index (χ1) is 30.0. The first kappa shape index (κ1) is 61.2. The van der Waals surface area contributed by atoms with Gasteiger partial charge in [0.15, 0.2) is 0 Å². The Morgan fingerprint density at radius 2 is 0.887 bits per heavy atom. The van der Waals surface area contributed by atoms with E-state index in [2.05, 4.69) is 31.3 Å². The molecule has 8 nitrogen and oxygen atoms in total. The molecule has 2 N–H and O–H groups in total. The zero-order valence-electron chi connectivity index (χ0n) is 42.1. The Labute approximate surface area is 386 Å². The highest BCUT2D eigenvalue weighted by atomic mass is 31.2. The van der Waals surface area contributed by atoms with Gasteiger partial charge < -0.3 is 28.8 Å². The lowest BCUT2D eigenvalue weighted by Crippen LogP contribution is -2.46. The van der Waals surface area contributed by atoms with Crippen molar-refractivity contribution in [3.8, 4) is 0 Å². The third-order valence-corrected chi connectivity index (χ3v) is 13.5. The fourth-order valence-electron chi connectivity index (χ4n) is 8.21. The van der Waals surface area contributed by atoms with Gasteiger partial charge in [-0.25, -0.2) is 0 Å². The average molecular weight is 899 g/mol. The Kier molecular flexibility index (Phi) is 44.8. The third-order valence-electron chi connectivity index (χ3n) is 12.5. The van der Waals surface area contributed by atoms with Crippen LogP contribution in [0.4, 0.5) is 0 Å². The lowest BCUT2D eigenvalue weighted by molar-refractivity contribution is -0.870. The van der Waals surface area contributed by atoms with Crippen LogP contribution in [0, 0.1) is 0 Å². The summed E-state index contributed by atoms with van der Waals surface area (Å²) in [4.78, 5) is 25.5. The molecular formula is C53H107N2O6P. The second kappa shape index (κ2) is 45.4.